The molecule has 2 N–H and O–H groups in total. The van der Waals surface area contributed by atoms with Crippen LogP contribution in [0, 0.1) is 0 Å². The Morgan fingerprint density at radius 3 is 2.78 bits per heavy atom. The number of nitrogens with two attached hydrogens (primary N) is 1. The van der Waals surface area contributed by atoms with Crippen LogP contribution >= 0.6 is 27.5 Å². The van der Waals surface area contributed by atoms with E-state index in [0.717, 1.165) is 12.8 Å². The van der Waals surface area contributed by atoms with Gasteiger partial charge in [-0.25, -0.2) is 8.42 Å². The molecule has 1 aromatic rings. The normalized spacial score (nSPS) is 22.1. The van der Waals surface area contributed by atoms with E-state index >= 15 is 0 Å². The fraction of sp³-hybridized carbons (Fsp3) is 0.455. The van der Waals surface area contributed by atoms with Gasteiger partial charge in [0.1, 0.15) is 0 Å². The third-order valence-corrected chi connectivity index (χ3v) is 6.02. The van der Waals surface area contributed by atoms with Gasteiger partial charge in [0.05, 0.1) is 9.92 Å². The predicted octanol–water partition coefficient (Wildman–Crippen LogP) is 2.21. The van der Waals surface area contributed by atoms with Crippen LogP contribution in [-0.2, 0) is 10.0 Å². The van der Waals surface area contributed by atoms with Crippen LogP contribution in [0.3, 0.4) is 0 Å². The van der Waals surface area contributed by atoms with Gasteiger partial charge in [-0.15, -0.1) is 0 Å². The number of nitrogens with zero attached hydrogens (tertiary/aromatic N) is 1. The monoisotopic (exact) mass is 352 g/mol. The Morgan fingerprint density at radius 2 is 2.17 bits per heavy atom. The highest BCUT2D eigenvalue weighted by molar-refractivity contribution is 9.10. The molecule has 0 bridgehead atoms. The molecule has 100 valence electrons. The van der Waals surface area contributed by atoms with Crippen molar-refractivity contribution in [2.75, 3.05) is 13.1 Å². The smallest absolute Gasteiger partial charge is 0.243 e. The van der Waals surface area contributed by atoms with Crippen LogP contribution in [0.25, 0.3) is 0 Å². The van der Waals surface area contributed by atoms with Gasteiger partial charge in [-0.3, -0.25) is 0 Å². The molecule has 0 spiro atoms. The summed E-state index contributed by atoms with van der Waals surface area (Å²) in [7, 11) is -3.47. The van der Waals surface area contributed by atoms with E-state index in [4.69, 9.17) is 17.3 Å². The topological polar surface area (TPSA) is 63.4 Å². The number of sulfonamides is 1. The van der Waals surface area contributed by atoms with Crippen molar-refractivity contribution in [2.45, 2.75) is 23.8 Å². The molecule has 0 radical (unpaired) electrons. The second kappa shape index (κ2) is 5.46. The molecule has 1 saturated heterocycles. The maximum absolute atomic E-state index is 12.4. The number of halogens is 2. The van der Waals surface area contributed by atoms with E-state index < -0.39 is 10.0 Å². The Morgan fingerprint density at radius 1 is 1.44 bits per heavy atom. The molecule has 1 heterocycles. The van der Waals surface area contributed by atoms with Crippen molar-refractivity contribution in [2.24, 2.45) is 5.73 Å². The Hall–Kier alpha value is -0.140. The summed E-state index contributed by atoms with van der Waals surface area (Å²) in [5, 5.41) is 0.490. The van der Waals surface area contributed by atoms with Crippen LogP contribution in [0.5, 0.6) is 0 Å². The van der Waals surface area contributed by atoms with E-state index in [1.54, 1.807) is 6.07 Å². The molecule has 1 aliphatic rings. The van der Waals surface area contributed by atoms with E-state index in [9.17, 15) is 8.42 Å². The summed E-state index contributed by atoms with van der Waals surface area (Å²) in [4.78, 5) is 0.243. The molecule has 0 saturated carbocycles. The summed E-state index contributed by atoms with van der Waals surface area (Å²) < 4.78 is 26.8. The first kappa shape index (κ1) is 14.3. The molecule has 1 atom stereocenters. The van der Waals surface area contributed by atoms with Crippen molar-refractivity contribution >= 4 is 37.6 Å². The van der Waals surface area contributed by atoms with Gasteiger partial charge in [0.15, 0.2) is 0 Å². The first-order chi connectivity index (χ1) is 8.41. The largest absolute Gasteiger partial charge is 0.327 e. The van der Waals surface area contributed by atoms with Crippen LogP contribution in [0.4, 0.5) is 0 Å². The fourth-order valence-corrected chi connectivity index (χ4v) is 4.19. The minimum Gasteiger partial charge on any atom is -0.327 e. The minimum atomic E-state index is -3.47. The average molecular weight is 354 g/mol. The van der Waals surface area contributed by atoms with Gasteiger partial charge >= 0.3 is 0 Å². The van der Waals surface area contributed by atoms with Crippen molar-refractivity contribution in [1.82, 2.24) is 4.31 Å². The van der Waals surface area contributed by atoms with Gasteiger partial charge in [-0.1, -0.05) is 11.6 Å². The molecule has 0 amide bonds. The van der Waals surface area contributed by atoms with Crippen molar-refractivity contribution in [3.05, 3.63) is 27.7 Å². The Kier molecular flexibility index (Phi) is 4.33. The van der Waals surface area contributed by atoms with Gasteiger partial charge in [0, 0.05) is 23.6 Å². The van der Waals surface area contributed by atoms with E-state index in [0.29, 0.717) is 22.6 Å². The number of hydrogen-bond acceptors (Lipinski definition) is 3. The van der Waals surface area contributed by atoms with Gasteiger partial charge in [0.25, 0.3) is 0 Å². The Balaban J connectivity index is 2.32. The SMILES string of the molecule is N[C@@H]1CCCN(S(=O)(=O)c2ccc(Cl)c(Br)c2)C1. The fourth-order valence-electron chi connectivity index (χ4n) is 1.98. The van der Waals surface area contributed by atoms with Gasteiger partial charge in [-0.2, -0.15) is 4.31 Å². The van der Waals surface area contributed by atoms with Gasteiger partial charge < -0.3 is 5.73 Å². The molecule has 1 fully saturated rings. The van der Waals surface area contributed by atoms with Gasteiger partial charge in [0.2, 0.25) is 10.0 Å². The molecular formula is C11H14BrClN2O2S. The molecular weight excluding hydrogens is 340 g/mol. The van der Waals surface area contributed by atoms with Crippen molar-refractivity contribution < 1.29 is 8.42 Å². The lowest BCUT2D eigenvalue weighted by Crippen LogP contribution is -2.45. The lowest BCUT2D eigenvalue weighted by atomic mass is 10.1. The molecule has 1 aromatic carbocycles. The number of hydrogen-bond donors (Lipinski definition) is 1. The molecule has 0 aromatic heterocycles. The predicted molar refractivity (Wildman–Crippen MR) is 75.1 cm³/mol. The van der Waals surface area contributed by atoms with E-state index in [2.05, 4.69) is 15.9 Å². The third kappa shape index (κ3) is 2.88. The maximum Gasteiger partial charge on any atom is 0.243 e. The summed E-state index contributed by atoms with van der Waals surface area (Å²) in [6.07, 6.45) is 1.67. The molecule has 18 heavy (non-hydrogen) atoms. The molecule has 0 unspecified atom stereocenters. The minimum absolute atomic E-state index is 0.0794. The first-order valence-corrected chi connectivity index (χ1v) is 8.23. The highest BCUT2D eigenvalue weighted by Crippen LogP contribution is 2.27. The summed E-state index contributed by atoms with van der Waals surface area (Å²) in [5.41, 5.74) is 5.82. The summed E-state index contributed by atoms with van der Waals surface area (Å²) in [5.74, 6) is 0. The second-order valence-corrected chi connectivity index (χ2v) is 7.54. The highest BCUT2D eigenvalue weighted by atomic mass is 79.9. The Labute approximate surface area is 120 Å². The second-order valence-electron chi connectivity index (χ2n) is 4.34. The third-order valence-electron chi connectivity index (χ3n) is 2.95. The van der Waals surface area contributed by atoms with Crippen molar-refractivity contribution in [3.63, 3.8) is 0 Å². The van der Waals surface area contributed by atoms with Crippen molar-refractivity contribution in [3.8, 4) is 0 Å². The van der Waals surface area contributed by atoms with Crippen LogP contribution in [-0.4, -0.2) is 31.9 Å². The highest BCUT2D eigenvalue weighted by Gasteiger charge is 2.29. The zero-order valence-corrected chi connectivity index (χ0v) is 12.8. The zero-order chi connectivity index (χ0) is 13.3. The molecule has 7 heteroatoms. The summed E-state index contributed by atoms with van der Waals surface area (Å²) >= 11 is 9.10. The van der Waals surface area contributed by atoms with Crippen LogP contribution in [0.1, 0.15) is 12.8 Å². The average Bonchev–Trinajstić information content (AvgIpc) is 2.32. The molecule has 1 aliphatic heterocycles. The standard InChI is InChI=1S/C11H14BrClN2O2S/c12-10-6-9(3-4-11(10)13)18(16,17)15-5-1-2-8(14)7-15/h3-4,6,8H,1-2,5,7,14H2/t8-/m1/s1. The van der Waals surface area contributed by atoms with Crippen LogP contribution in [0.2, 0.25) is 5.02 Å². The molecule has 4 nitrogen and oxygen atoms in total. The van der Waals surface area contributed by atoms with Gasteiger partial charge in [-0.05, 0) is 47.0 Å². The number of piperidine rings is 1. The number of benzene rings is 1. The Bertz CT molecular complexity index is 550. The summed E-state index contributed by atoms with van der Waals surface area (Å²) in [6, 6.07) is 4.53. The first-order valence-electron chi connectivity index (χ1n) is 5.62. The maximum atomic E-state index is 12.4. The van der Waals surface area contributed by atoms with Crippen molar-refractivity contribution in [1.29, 1.82) is 0 Å². The molecule has 0 aliphatic carbocycles. The van der Waals surface area contributed by atoms with Crippen LogP contribution < -0.4 is 5.73 Å². The van der Waals surface area contributed by atoms with E-state index in [1.165, 1.54) is 16.4 Å². The quantitative estimate of drug-likeness (QED) is 0.886. The summed E-state index contributed by atoms with van der Waals surface area (Å²) in [6.45, 7) is 0.902. The lowest BCUT2D eigenvalue weighted by molar-refractivity contribution is 0.316. The number of rotatable bonds is 2. The molecule has 2 rings (SSSR count). The van der Waals surface area contributed by atoms with E-state index in [-0.39, 0.29) is 10.9 Å². The lowest BCUT2D eigenvalue weighted by Gasteiger charge is -2.29. The zero-order valence-electron chi connectivity index (χ0n) is 9.64. The van der Waals surface area contributed by atoms with Crippen LogP contribution in [0.15, 0.2) is 27.6 Å². The van der Waals surface area contributed by atoms with E-state index in [1.807, 2.05) is 0 Å².